The van der Waals surface area contributed by atoms with Crippen molar-refractivity contribution in [2.24, 2.45) is 0 Å². The topological polar surface area (TPSA) is 34.1 Å². The number of ether oxygens (including phenoxy) is 1. The molecule has 0 aliphatic heterocycles. The Balaban J connectivity index is 1.66. The molecule has 3 aromatic rings. The molecule has 0 unspecified atom stereocenters. The van der Waals surface area contributed by atoms with Gasteiger partial charge in [-0.05, 0) is 35.9 Å². The van der Waals surface area contributed by atoms with Crippen LogP contribution in [0.2, 0.25) is 0 Å². The molecule has 0 amide bonds. The number of anilines is 2. The maximum atomic E-state index is 12.9. The second-order valence-corrected chi connectivity index (χ2v) is 4.77. The van der Waals surface area contributed by atoms with E-state index in [1.54, 1.807) is 18.2 Å². The lowest BCUT2D eigenvalue weighted by atomic mass is 10.2. The lowest BCUT2D eigenvalue weighted by Gasteiger charge is -2.09. The maximum absolute atomic E-state index is 12.9. The minimum atomic E-state index is -0.265. The van der Waals surface area contributed by atoms with Crippen LogP contribution in [0.4, 0.5) is 15.9 Å². The van der Waals surface area contributed by atoms with Crippen LogP contribution >= 0.6 is 0 Å². The number of hydrogen-bond acceptors (Lipinski definition) is 3. The predicted octanol–water partition coefficient (Wildman–Crippen LogP) is 4.54. The Bertz CT molecular complexity index is 730. The van der Waals surface area contributed by atoms with Crippen molar-refractivity contribution in [3.05, 3.63) is 84.2 Å². The molecule has 0 radical (unpaired) electrons. The van der Waals surface area contributed by atoms with Gasteiger partial charge in [0.15, 0.2) is 0 Å². The van der Waals surface area contributed by atoms with Gasteiger partial charge in [0.25, 0.3) is 0 Å². The van der Waals surface area contributed by atoms with E-state index in [-0.39, 0.29) is 5.82 Å². The molecule has 3 nitrogen and oxygen atoms in total. The van der Waals surface area contributed by atoms with Gasteiger partial charge in [-0.25, -0.2) is 4.39 Å². The number of nitrogens with zero attached hydrogens (tertiary/aromatic N) is 1. The lowest BCUT2D eigenvalue weighted by molar-refractivity contribution is 0.294. The van der Waals surface area contributed by atoms with Crippen LogP contribution in [0.15, 0.2) is 72.8 Å². The standard InChI is InChI=1S/C18H15FN2O/c19-15-9-11-16(12-10-15)20-17-7-4-8-18(21-17)22-13-14-5-2-1-3-6-14/h1-12H,13H2,(H,20,21). The van der Waals surface area contributed by atoms with E-state index in [9.17, 15) is 4.39 Å². The number of nitrogens with one attached hydrogen (secondary N) is 1. The van der Waals surface area contributed by atoms with Gasteiger partial charge < -0.3 is 10.1 Å². The summed E-state index contributed by atoms with van der Waals surface area (Å²) in [5, 5.41) is 3.11. The molecule has 1 aromatic heterocycles. The first-order valence-electron chi connectivity index (χ1n) is 6.96. The third kappa shape index (κ3) is 3.82. The van der Waals surface area contributed by atoms with Crippen LogP contribution in [0.25, 0.3) is 0 Å². The van der Waals surface area contributed by atoms with E-state index in [1.165, 1.54) is 12.1 Å². The molecule has 1 N–H and O–H groups in total. The number of pyridine rings is 1. The molecule has 0 bridgehead atoms. The Morgan fingerprint density at radius 2 is 1.64 bits per heavy atom. The van der Waals surface area contributed by atoms with E-state index < -0.39 is 0 Å². The van der Waals surface area contributed by atoms with Crippen molar-refractivity contribution in [3.63, 3.8) is 0 Å². The van der Waals surface area contributed by atoms with Crippen molar-refractivity contribution in [3.8, 4) is 5.88 Å². The van der Waals surface area contributed by atoms with Gasteiger partial charge in [0.1, 0.15) is 18.2 Å². The van der Waals surface area contributed by atoms with Gasteiger partial charge in [-0.2, -0.15) is 4.98 Å². The Labute approximate surface area is 128 Å². The van der Waals surface area contributed by atoms with E-state index in [2.05, 4.69) is 10.3 Å². The van der Waals surface area contributed by atoms with Crippen LogP contribution in [0.1, 0.15) is 5.56 Å². The highest BCUT2D eigenvalue weighted by atomic mass is 19.1. The largest absolute Gasteiger partial charge is 0.473 e. The fraction of sp³-hybridized carbons (Fsp3) is 0.0556. The van der Waals surface area contributed by atoms with Crippen molar-refractivity contribution in [2.45, 2.75) is 6.61 Å². The monoisotopic (exact) mass is 294 g/mol. The fourth-order valence-electron chi connectivity index (χ4n) is 1.98. The van der Waals surface area contributed by atoms with Crippen molar-refractivity contribution in [2.75, 3.05) is 5.32 Å². The first-order chi connectivity index (χ1) is 10.8. The SMILES string of the molecule is Fc1ccc(Nc2cccc(OCc3ccccc3)n2)cc1. The van der Waals surface area contributed by atoms with Crippen LogP contribution in [-0.4, -0.2) is 4.98 Å². The van der Waals surface area contributed by atoms with Crippen LogP contribution in [0.3, 0.4) is 0 Å². The Morgan fingerprint density at radius 3 is 2.41 bits per heavy atom. The lowest BCUT2D eigenvalue weighted by Crippen LogP contribution is -1.99. The van der Waals surface area contributed by atoms with Crippen molar-refractivity contribution in [1.82, 2.24) is 4.98 Å². The van der Waals surface area contributed by atoms with Gasteiger partial charge in [0, 0.05) is 11.8 Å². The molecule has 0 aliphatic carbocycles. The summed E-state index contributed by atoms with van der Waals surface area (Å²) < 4.78 is 18.6. The van der Waals surface area contributed by atoms with Crippen molar-refractivity contribution >= 4 is 11.5 Å². The third-order valence-corrected chi connectivity index (χ3v) is 3.07. The average Bonchev–Trinajstić information content (AvgIpc) is 2.57. The summed E-state index contributed by atoms with van der Waals surface area (Å²) in [6.45, 7) is 0.466. The third-order valence-electron chi connectivity index (χ3n) is 3.07. The highest BCUT2D eigenvalue weighted by Gasteiger charge is 2.01. The van der Waals surface area contributed by atoms with E-state index >= 15 is 0 Å². The molecule has 0 saturated carbocycles. The van der Waals surface area contributed by atoms with Crippen molar-refractivity contribution in [1.29, 1.82) is 0 Å². The zero-order chi connectivity index (χ0) is 15.2. The number of benzene rings is 2. The average molecular weight is 294 g/mol. The van der Waals surface area contributed by atoms with Gasteiger partial charge in [-0.3, -0.25) is 0 Å². The minimum Gasteiger partial charge on any atom is -0.473 e. The summed E-state index contributed by atoms with van der Waals surface area (Å²) in [5.41, 5.74) is 1.86. The first kappa shape index (κ1) is 14.1. The number of aromatic nitrogens is 1. The zero-order valence-corrected chi connectivity index (χ0v) is 11.9. The second-order valence-electron chi connectivity index (χ2n) is 4.77. The van der Waals surface area contributed by atoms with Gasteiger partial charge in [0.05, 0.1) is 0 Å². The van der Waals surface area contributed by atoms with Crippen LogP contribution in [-0.2, 0) is 6.61 Å². The Kier molecular flexibility index (Phi) is 4.30. The van der Waals surface area contributed by atoms with Gasteiger partial charge >= 0.3 is 0 Å². The van der Waals surface area contributed by atoms with Gasteiger partial charge in [-0.15, -0.1) is 0 Å². The smallest absolute Gasteiger partial charge is 0.215 e. The minimum absolute atomic E-state index is 0.265. The molecule has 0 atom stereocenters. The molecule has 110 valence electrons. The van der Waals surface area contributed by atoms with E-state index in [0.29, 0.717) is 18.3 Å². The molecular formula is C18H15FN2O. The van der Waals surface area contributed by atoms with Gasteiger partial charge in [-0.1, -0.05) is 36.4 Å². The van der Waals surface area contributed by atoms with E-state index in [1.807, 2.05) is 42.5 Å². The molecule has 4 heteroatoms. The molecule has 0 saturated heterocycles. The second kappa shape index (κ2) is 6.72. The molecule has 0 fully saturated rings. The summed E-state index contributed by atoms with van der Waals surface area (Å²) in [6.07, 6.45) is 0. The summed E-state index contributed by atoms with van der Waals surface area (Å²) in [5.74, 6) is 0.923. The molecule has 22 heavy (non-hydrogen) atoms. The number of halogens is 1. The van der Waals surface area contributed by atoms with Crippen molar-refractivity contribution < 1.29 is 9.13 Å². The zero-order valence-electron chi connectivity index (χ0n) is 11.9. The molecule has 0 aliphatic rings. The van der Waals surface area contributed by atoms with E-state index in [4.69, 9.17) is 4.74 Å². The van der Waals surface area contributed by atoms with E-state index in [0.717, 1.165) is 11.3 Å². The first-order valence-corrected chi connectivity index (χ1v) is 6.96. The maximum Gasteiger partial charge on any atom is 0.215 e. The molecule has 0 spiro atoms. The summed E-state index contributed by atoms with van der Waals surface area (Å²) in [7, 11) is 0. The number of rotatable bonds is 5. The Hall–Kier alpha value is -2.88. The van der Waals surface area contributed by atoms with Crippen LogP contribution < -0.4 is 10.1 Å². The normalized spacial score (nSPS) is 10.2. The Morgan fingerprint density at radius 1 is 0.864 bits per heavy atom. The highest BCUT2D eigenvalue weighted by Crippen LogP contribution is 2.18. The molecular weight excluding hydrogens is 279 g/mol. The summed E-state index contributed by atoms with van der Waals surface area (Å²) in [4.78, 5) is 4.38. The summed E-state index contributed by atoms with van der Waals surface area (Å²) in [6, 6.07) is 21.5. The number of hydrogen-bond donors (Lipinski definition) is 1. The fourth-order valence-corrected chi connectivity index (χ4v) is 1.98. The van der Waals surface area contributed by atoms with Crippen LogP contribution in [0, 0.1) is 5.82 Å². The molecule has 3 rings (SSSR count). The van der Waals surface area contributed by atoms with Gasteiger partial charge in [0.2, 0.25) is 5.88 Å². The molecule has 1 heterocycles. The molecule has 2 aromatic carbocycles. The van der Waals surface area contributed by atoms with Crippen LogP contribution in [0.5, 0.6) is 5.88 Å². The summed E-state index contributed by atoms with van der Waals surface area (Å²) >= 11 is 0. The predicted molar refractivity (Wildman–Crippen MR) is 84.7 cm³/mol. The highest BCUT2D eigenvalue weighted by molar-refractivity contribution is 5.56. The quantitative estimate of drug-likeness (QED) is 0.750.